The van der Waals surface area contributed by atoms with Crippen LogP contribution >= 0.6 is 0 Å². The van der Waals surface area contributed by atoms with Crippen LogP contribution in [0.15, 0.2) is 0 Å². The molecule has 3 amide bonds. The van der Waals surface area contributed by atoms with E-state index in [1.807, 2.05) is 7.05 Å². The smallest absolute Gasteiger partial charge is 0.321 e. The summed E-state index contributed by atoms with van der Waals surface area (Å²) in [5.41, 5.74) is 0. The van der Waals surface area contributed by atoms with Crippen LogP contribution in [0.2, 0.25) is 0 Å². The minimum atomic E-state index is -0.445. The summed E-state index contributed by atoms with van der Waals surface area (Å²) < 4.78 is 0. The molecule has 0 radical (unpaired) electrons. The molecule has 1 saturated heterocycles. The lowest BCUT2D eigenvalue weighted by atomic mass is 10.3. The standard InChI is InChI=1S/C10H20N4O2/c1-11-8-3-5-14(7-8)6-4-9(15)13-10(16)12-2/h8,11H,3-7H2,1-2H3,(H2,12,13,15,16). The Kier molecular flexibility index (Phi) is 5.21. The Morgan fingerprint density at radius 2 is 2.12 bits per heavy atom. The molecule has 0 aromatic carbocycles. The molecule has 6 nitrogen and oxygen atoms in total. The van der Waals surface area contributed by atoms with Gasteiger partial charge in [-0.2, -0.15) is 0 Å². The topological polar surface area (TPSA) is 73.5 Å². The first kappa shape index (κ1) is 12.9. The zero-order valence-electron chi connectivity index (χ0n) is 9.88. The lowest BCUT2D eigenvalue weighted by Gasteiger charge is -2.15. The van der Waals surface area contributed by atoms with Crippen LogP contribution in [0.4, 0.5) is 4.79 Å². The van der Waals surface area contributed by atoms with Gasteiger partial charge >= 0.3 is 6.03 Å². The number of hydrogen-bond acceptors (Lipinski definition) is 4. The summed E-state index contributed by atoms with van der Waals surface area (Å²) in [5, 5.41) is 7.81. The van der Waals surface area contributed by atoms with Gasteiger partial charge in [0.2, 0.25) is 5.91 Å². The number of likely N-dealkylation sites (tertiary alicyclic amines) is 1. The molecule has 0 aromatic rings. The Bertz CT molecular complexity index is 257. The Hall–Kier alpha value is -1.14. The minimum absolute atomic E-state index is 0.229. The average Bonchev–Trinajstić information content (AvgIpc) is 2.74. The van der Waals surface area contributed by atoms with Crippen LogP contribution in [-0.4, -0.2) is 56.6 Å². The quantitative estimate of drug-likeness (QED) is 0.584. The summed E-state index contributed by atoms with van der Waals surface area (Å²) in [6.45, 7) is 2.70. The van der Waals surface area contributed by atoms with Crippen LogP contribution < -0.4 is 16.0 Å². The van der Waals surface area contributed by atoms with Gasteiger partial charge in [0.1, 0.15) is 0 Å². The lowest BCUT2D eigenvalue weighted by molar-refractivity contribution is -0.120. The summed E-state index contributed by atoms with van der Waals surface area (Å²) in [6.07, 6.45) is 1.48. The van der Waals surface area contributed by atoms with Gasteiger partial charge in [-0.25, -0.2) is 4.79 Å². The third-order valence-corrected chi connectivity index (χ3v) is 2.82. The zero-order valence-corrected chi connectivity index (χ0v) is 9.88. The lowest BCUT2D eigenvalue weighted by Crippen LogP contribution is -2.39. The van der Waals surface area contributed by atoms with E-state index in [1.165, 1.54) is 7.05 Å². The molecule has 92 valence electrons. The maximum Gasteiger partial charge on any atom is 0.321 e. The Morgan fingerprint density at radius 3 is 2.69 bits per heavy atom. The van der Waals surface area contributed by atoms with Gasteiger partial charge in [0, 0.05) is 32.6 Å². The highest BCUT2D eigenvalue weighted by atomic mass is 16.2. The number of hydrogen-bond donors (Lipinski definition) is 3. The van der Waals surface area contributed by atoms with Crippen molar-refractivity contribution in [3.63, 3.8) is 0 Å². The van der Waals surface area contributed by atoms with Crippen LogP contribution in [0.3, 0.4) is 0 Å². The second-order valence-corrected chi connectivity index (χ2v) is 3.95. The van der Waals surface area contributed by atoms with Crippen LogP contribution in [0.5, 0.6) is 0 Å². The van der Waals surface area contributed by atoms with Gasteiger partial charge in [-0.05, 0) is 20.0 Å². The van der Waals surface area contributed by atoms with Gasteiger partial charge in [0.25, 0.3) is 0 Å². The van der Waals surface area contributed by atoms with Gasteiger partial charge in [0.05, 0.1) is 0 Å². The molecule has 1 aliphatic heterocycles. The maximum absolute atomic E-state index is 11.3. The van der Waals surface area contributed by atoms with E-state index in [1.54, 1.807) is 0 Å². The summed E-state index contributed by atoms with van der Waals surface area (Å²) in [5.74, 6) is -0.229. The molecule has 0 aromatic heterocycles. The summed E-state index contributed by atoms with van der Waals surface area (Å²) in [4.78, 5) is 24.4. The van der Waals surface area contributed by atoms with Crippen molar-refractivity contribution in [2.75, 3.05) is 33.7 Å². The number of urea groups is 1. The highest BCUT2D eigenvalue weighted by molar-refractivity contribution is 5.94. The summed E-state index contributed by atoms with van der Waals surface area (Å²) in [6, 6.07) is 0.0847. The van der Waals surface area contributed by atoms with Crippen LogP contribution in [0.1, 0.15) is 12.8 Å². The number of rotatable bonds is 4. The molecule has 6 heteroatoms. The van der Waals surface area contributed by atoms with E-state index in [0.29, 0.717) is 19.0 Å². The van der Waals surface area contributed by atoms with Crippen molar-refractivity contribution in [3.05, 3.63) is 0 Å². The number of likely N-dealkylation sites (N-methyl/N-ethyl adjacent to an activating group) is 1. The molecule has 16 heavy (non-hydrogen) atoms. The molecular formula is C10H20N4O2. The molecule has 1 fully saturated rings. The Balaban J connectivity index is 2.15. The zero-order chi connectivity index (χ0) is 12.0. The Labute approximate surface area is 95.8 Å². The number of nitrogens with zero attached hydrogens (tertiary/aromatic N) is 1. The fourth-order valence-corrected chi connectivity index (χ4v) is 1.78. The monoisotopic (exact) mass is 228 g/mol. The van der Waals surface area contributed by atoms with E-state index >= 15 is 0 Å². The molecule has 0 saturated carbocycles. The summed E-state index contributed by atoms with van der Waals surface area (Å²) >= 11 is 0. The number of nitrogens with one attached hydrogen (secondary N) is 3. The molecule has 1 rings (SSSR count). The van der Waals surface area contributed by atoms with Crippen LogP contribution in [-0.2, 0) is 4.79 Å². The first-order valence-electron chi connectivity index (χ1n) is 5.57. The van der Waals surface area contributed by atoms with Crippen molar-refractivity contribution >= 4 is 11.9 Å². The van der Waals surface area contributed by atoms with Gasteiger partial charge < -0.3 is 15.5 Å². The van der Waals surface area contributed by atoms with Crippen LogP contribution in [0, 0.1) is 0 Å². The SMILES string of the molecule is CNC(=O)NC(=O)CCN1CCC(NC)C1. The molecule has 0 bridgehead atoms. The van der Waals surface area contributed by atoms with E-state index in [-0.39, 0.29) is 5.91 Å². The largest absolute Gasteiger partial charge is 0.341 e. The van der Waals surface area contributed by atoms with Crippen molar-refractivity contribution < 1.29 is 9.59 Å². The van der Waals surface area contributed by atoms with Gasteiger partial charge in [-0.1, -0.05) is 0 Å². The van der Waals surface area contributed by atoms with Crippen molar-refractivity contribution in [2.24, 2.45) is 0 Å². The Morgan fingerprint density at radius 1 is 1.38 bits per heavy atom. The molecule has 1 heterocycles. The molecule has 1 atom stereocenters. The van der Waals surface area contributed by atoms with E-state index < -0.39 is 6.03 Å². The predicted octanol–water partition coefficient (Wildman–Crippen LogP) is -0.874. The van der Waals surface area contributed by atoms with Gasteiger partial charge in [0.15, 0.2) is 0 Å². The molecule has 1 unspecified atom stereocenters. The second-order valence-electron chi connectivity index (χ2n) is 3.95. The van der Waals surface area contributed by atoms with Crippen molar-refractivity contribution in [1.29, 1.82) is 0 Å². The molecule has 0 spiro atoms. The third kappa shape index (κ3) is 4.16. The van der Waals surface area contributed by atoms with Gasteiger partial charge in [-0.3, -0.25) is 10.1 Å². The van der Waals surface area contributed by atoms with Gasteiger partial charge in [-0.15, -0.1) is 0 Å². The minimum Gasteiger partial charge on any atom is -0.341 e. The fraction of sp³-hybridized carbons (Fsp3) is 0.800. The summed E-state index contributed by atoms with van der Waals surface area (Å²) in [7, 11) is 3.44. The van der Waals surface area contributed by atoms with E-state index in [4.69, 9.17) is 0 Å². The number of carbonyl (C=O) groups is 2. The molecular weight excluding hydrogens is 208 g/mol. The van der Waals surface area contributed by atoms with Crippen LogP contribution in [0.25, 0.3) is 0 Å². The van der Waals surface area contributed by atoms with E-state index in [9.17, 15) is 9.59 Å². The first-order chi connectivity index (χ1) is 7.65. The van der Waals surface area contributed by atoms with Crippen molar-refractivity contribution in [1.82, 2.24) is 20.9 Å². The number of imide groups is 1. The number of amides is 3. The highest BCUT2D eigenvalue weighted by Crippen LogP contribution is 2.08. The maximum atomic E-state index is 11.3. The normalized spacial score (nSPS) is 20.8. The first-order valence-corrected chi connectivity index (χ1v) is 5.57. The van der Waals surface area contributed by atoms with E-state index in [0.717, 1.165) is 19.5 Å². The number of carbonyl (C=O) groups excluding carboxylic acids is 2. The van der Waals surface area contributed by atoms with Crippen molar-refractivity contribution in [3.8, 4) is 0 Å². The molecule has 1 aliphatic rings. The molecule has 3 N–H and O–H groups in total. The average molecular weight is 228 g/mol. The highest BCUT2D eigenvalue weighted by Gasteiger charge is 2.21. The fourth-order valence-electron chi connectivity index (χ4n) is 1.78. The predicted molar refractivity (Wildman–Crippen MR) is 61.1 cm³/mol. The van der Waals surface area contributed by atoms with Crippen molar-refractivity contribution in [2.45, 2.75) is 18.9 Å². The van der Waals surface area contributed by atoms with E-state index in [2.05, 4.69) is 20.9 Å². The molecule has 0 aliphatic carbocycles. The third-order valence-electron chi connectivity index (χ3n) is 2.82. The second kappa shape index (κ2) is 6.44.